The third-order valence-electron chi connectivity index (χ3n) is 7.33. The lowest BCUT2D eigenvalue weighted by molar-refractivity contribution is -0.140. The van der Waals surface area contributed by atoms with Gasteiger partial charge in [0.1, 0.15) is 6.29 Å². The molecule has 2 unspecified atom stereocenters. The fourth-order valence-corrected chi connectivity index (χ4v) is 6.50. The molecule has 4 nitrogen and oxygen atoms in total. The number of carbonyl (C=O) groups excluding carboxylic acids is 3. The predicted molar refractivity (Wildman–Crippen MR) is 113 cm³/mol. The molecule has 2 aromatic carbocycles. The van der Waals surface area contributed by atoms with Crippen molar-refractivity contribution in [3.63, 3.8) is 0 Å². The van der Waals surface area contributed by atoms with Crippen molar-refractivity contribution in [1.82, 2.24) is 4.90 Å². The van der Waals surface area contributed by atoms with Crippen LogP contribution < -0.4 is 0 Å². The number of rotatable bonds is 5. The van der Waals surface area contributed by atoms with Gasteiger partial charge in [0.2, 0.25) is 11.8 Å². The molecule has 2 atom stereocenters. The van der Waals surface area contributed by atoms with Crippen LogP contribution in [0.4, 0.5) is 0 Å². The van der Waals surface area contributed by atoms with Crippen molar-refractivity contribution in [2.24, 2.45) is 11.8 Å². The van der Waals surface area contributed by atoms with Crippen LogP contribution in [-0.2, 0) is 25.2 Å². The van der Waals surface area contributed by atoms with E-state index in [1.54, 1.807) is 0 Å². The number of carbonyl (C=O) groups is 3. The van der Waals surface area contributed by atoms with Crippen LogP contribution in [0.15, 0.2) is 48.5 Å². The van der Waals surface area contributed by atoms with Crippen molar-refractivity contribution in [1.29, 1.82) is 0 Å². The minimum Gasteiger partial charge on any atom is -0.302 e. The molecule has 1 fully saturated rings. The monoisotopic (exact) mass is 451 g/mol. The number of likely N-dealkylation sites (tertiary alicyclic amines) is 1. The number of amides is 2. The van der Waals surface area contributed by atoms with Crippen LogP contribution in [0.3, 0.4) is 0 Å². The molecule has 1 aliphatic heterocycles. The van der Waals surface area contributed by atoms with E-state index in [9.17, 15) is 14.4 Å². The lowest BCUT2D eigenvalue weighted by atomic mass is 9.42. The van der Waals surface area contributed by atoms with Crippen molar-refractivity contribution in [2.75, 3.05) is 11.9 Å². The molecule has 2 bridgehead atoms. The van der Waals surface area contributed by atoms with Crippen LogP contribution in [0.1, 0.15) is 42.0 Å². The largest absolute Gasteiger partial charge is 0.302 e. The highest BCUT2D eigenvalue weighted by molar-refractivity contribution is 9.09. The van der Waals surface area contributed by atoms with Gasteiger partial charge >= 0.3 is 0 Å². The first-order valence-electron chi connectivity index (χ1n) is 10.1. The Balaban J connectivity index is 1.79. The lowest BCUT2D eigenvalue weighted by Gasteiger charge is -2.56. The quantitative estimate of drug-likeness (QED) is 0.302. The molecule has 0 N–H and O–H groups in total. The Kier molecular flexibility index (Phi) is 4.11. The normalized spacial score (nSPS) is 31.4. The maximum atomic E-state index is 13.6. The second-order valence-electron chi connectivity index (χ2n) is 8.46. The van der Waals surface area contributed by atoms with Gasteiger partial charge in [0.15, 0.2) is 0 Å². The first kappa shape index (κ1) is 18.7. The highest BCUT2D eigenvalue weighted by Gasteiger charge is 2.72. The van der Waals surface area contributed by atoms with E-state index in [1.807, 2.05) is 48.5 Å². The van der Waals surface area contributed by atoms with Crippen molar-refractivity contribution < 1.29 is 14.4 Å². The number of benzene rings is 2. The van der Waals surface area contributed by atoms with Gasteiger partial charge in [0.05, 0.1) is 17.3 Å². The van der Waals surface area contributed by atoms with Crippen molar-refractivity contribution in [3.05, 3.63) is 70.8 Å². The van der Waals surface area contributed by atoms with E-state index < -0.39 is 22.7 Å². The molecule has 148 valence electrons. The minimum atomic E-state index is -1.10. The Bertz CT molecular complexity index is 998. The zero-order chi connectivity index (χ0) is 20.4. The summed E-state index contributed by atoms with van der Waals surface area (Å²) in [5, 5.41) is 0.836. The number of unbranched alkanes of at least 4 members (excludes halogenated alkanes) is 1. The highest BCUT2D eigenvalue weighted by Crippen LogP contribution is 2.65. The summed E-state index contributed by atoms with van der Waals surface area (Å²) in [7, 11) is 0. The molecule has 4 aliphatic rings. The van der Waals surface area contributed by atoms with Crippen LogP contribution in [0, 0.1) is 11.8 Å². The Hall–Kier alpha value is -2.27. The van der Waals surface area contributed by atoms with E-state index >= 15 is 0 Å². The second kappa shape index (κ2) is 6.36. The summed E-state index contributed by atoms with van der Waals surface area (Å²) in [5.41, 5.74) is 2.01. The molecule has 1 heterocycles. The van der Waals surface area contributed by atoms with Crippen LogP contribution in [0.2, 0.25) is 0 Å². The van der Waals surface area contributed by atoms with Crippen LogP contribution >= 0.6 is 15.9 Å². The first-order valence-corrected chi connectivity index (χ1v) is 11.2. The predicted octanol–water partition coefficient (Wildman–Crippen LogP) is 3.58. The summed E-state index contributed by atoms with van der Waals surface area (Å²) in [5.74, 6) is -1.55. The van der Waals surface area contributed by atoms with E-state index in [4.69, 9.17) is 0 Å². The number of hydrogen-bond acceptors (Lipinski definition) is 3. The number of aldehydes is 1. The van der Waals surface area contributed by atoms with Gasteiger partial charge in [-0.05, 0) is 35.1 Å². The zero-order valence-corrected chi connectivity index (χ0v) is 17.8. The maximum absolute atomic E-state index is 13.6. The molecule has 29 heavy (non-hydrogen) atoms. The SMILES string of the molecule is CC12c3ccccc3C(C=O)(c3ccccc31)C1C(=O)N(CCCCBr)C(=O)C12. The second-order valence-corrected chi connectivity index (χ2v) is 9.25. The molecular formula is C24H22BrNO3. The Morgan fingerprint density at radius 3 is 1.93 bits per heavy atom. The van der Waals surface area contributed by atoms with Gasteiger partial charge in [-0.25, -0.2) is 0 Å². The molecule has 6 rings (SSSR count). The standard InChI is InChI=1S/C24H22BrNO3/c1-23-15-8-2-4-10-17(15)24(14-27,18-11-5-3-9-16(18)23)20-19(23)21(28)26(22(20)29)13-7-6-12-25/h2-5,8-11,14,19-20H,6-7,12-13H2,1H3. The number of hydrogen-bond donors (Lipinski definition) is 0. The number of alkyl halides is 1. The Labute approximate surface area is 178 Å². The minimum absolute atomic E-state index is 0.132. The Morgan fingerprint density at radius 2 is 1.41 bits per heavy atom. The zero-order valence-electron chi connectivity index (χ0n) is 16.2. The van der Waals surface area contributed by atoms with Crippen molar-refractivity contribution in [3.8, 4) is 0 Å². The summed E-state index contributed by atoms with van der Waals surface area (Å²) in [6.07, 6.45) is 2.57. The third kappa shape index (κ3) is 2.07. The van der Waals surface area contributed by atoms with Crippen LogP contribution in [0.5, 0.6) is 0 Å². The smallest absolute Gasteiger partial charge is 0.234 e. The highest BCUT2D eigenvalue weighted by atomic mass is 79.9. The molecule has 1 saturated heterocycles. The molecular weight excluding hydrogens is 430 g/mol. The topological polar surface area (TPSA) is 54.5 Å². The Morgan fingerprint density at radius 1 is 0.897 bits per heavy atom. The molecule has 0 radical (unpaired) electrons. The van der Waals surface area contributed by atoms with Crippen molar-refractivity contribution >= 4 is 34.0 Å². The number of nitrogens with zero attached hydrogens (tertiary/aromatic N) is 1. The van der Waals surface area contributed by atoms with E-state index in [0.29, 0.717) is 6.54 Å². The van der Waals surface area contributed by atoms with E-state index in [2.05, 4.69) is 22.9 Å². The van der Waals surface area contributed by atoms with E-state index in [0.717, 1.165) is 46.7 Å². The fourth-order valence-electron chi connectivity index (χ4n) is 6.11. The molecule has 3 aliphatic carbocycles. The van der Waals surface area contributed by atoms with Crippen molar-refractivity contribution in [2.45, 2.75) is 30.6 Å². The van der Waals surface area contributed by atoms with Gasteiger partial charge in [-0.3, -0.25) is 14.5 Å². The number of halogens is 1. The van der Waals surface area contributed by atoms with Crippen LogP contribution in [0.25, 0.3) is 0 Å². The lowest BCUT2D eigenvalue weighted by Crippen LogP contribution is -2.61. The van der Waals surface area contributed by atoms with Gasteiger partial charge in [0, 0.05) is 17.3 Å². The summed E-state index contributed by atoms with van der Waals surface area (Å²) in [4.78, 5) is 41.5. The van der Waals surface area contributed by atoms with E-state index in [1.165, 1.54) is 4.90 Å². The third-order valence-corrected chi connectivity index (χ3v) is 7.89. The van der Waals surface area contributed by atoms with Gasteiger partial charge in [-0.15, -0.1) is 0 Å². The molecule has 0 aromatic heterocycles. The van der Waals surface area contributed by atoms with Gasteiger partial charge < -0.3 is 4.79 Å². The number of imide groups is 1. The fraction of sp³-hybridized carbons (Fsp3) is 0.375. The first-order chi connectivity index (χ1) is 14.0. The summed E-state index contributed by atoms with van der Waals surface area (Å²) in [6, 6.07) is 15.7. The van der Waals surface area contributed by atoms with Gasteiger partial charge in [0.25, 0.3) is 0 Å². The molecule has 5 heteroatoms. The average molecular weight is 452 g/mol. The summed E-state index contributed by atoms with van der Waals surface area (Å²) < 4.78 is 0. The molecule has 0 spiro atoms. The molecule has 2 amide bonds. The average Bonchev–Trinajstić information content (AvgIpc) is 3.01. The summed E-state index contributed by atoms with van der Waals surface area (Å²) >= 11 is 3.41. The van der Waals surface area contributed by atoms with Gasteiger partial charge in [-0.1, -0.05) is 71.4 Å². The molecule has 2 aromatic rings. The van der Waals surface area contributed by atoms with E-state index in [-0.39, 0.29) is 11.8 Å². The van der Waals surface area contributed by atoms with Gasteiger partial charge in [-0.2, -0.15) is 0 Å². The maximum Gasteiger partial charge on any atom is 0.234 e. The summed E-state index contributed by atoms with van der Waals surface area (Å²) in [6.45, 7) is 2.48. The molecule has 0 saturated carbocycles. The van der Waals surface area contributed by atoms with Crippen LogP contribution in [-0.4, -0.2) is 34.9 Å².